The SMILES string of the molecule is C=C1/C=C\C=C2/CN3C(=C(/C=C\C)C(c4ccc(C)cc4)(c4ccc(C)cc4)c4cccc(c43)C1(c1ccc(C)cc1)c1ccc(C)cc1)CC2(c1ccc(C)cc1)c1ccc(C)cc1. The van der Waals surface area contributed by atoms with Crippen LogP contribution in [0.15, 0.2) is 223 Å². The standard InChI is InChI=1S/C64H59N/c1-9-12-57-60-41-62(50-29-17-43(2)18-30-50,51-31-19-44(3)20-32-51)56-14-10-13-49(8)63(52-33-21-45(4)22-34-52,53-35-23-46(5)24-36-53)58-15-11-16-59(61(58)65(60)42-56)64(57,54-37-25-47(6)26-38-54)55-39-27-48(7)28-40-55/h9-40H,8,41-42H2,1-7H3/b12-9-,13-10-,56-14+. The second kappa shape index (κ2) is 16.2. The van der Waals surface area contributed by atoms with Gasteiger partial charge in [0.25, 0.3) is 0 Å². The predicted octanol–water partition coefficient (Wildman–Crippen LogP) is 15.3. The maximum atomic E-state index is 5.13. The number of fused-ring (bicyclic) bond motifs is 1. The highest BCUT2D eigenvalue weighted by Gasteiger charge is 2.55. The Morgan fingerprint density at radius 3 is 1.25 bits per heavy atom. The summed E-state index contributed by atoms with van der Waals surface area (Å²) in [5.74, 6) is 0. The molecule has 320 valence electrons. The van der Waals surface area contributed by atoms with Crippen molar-refractivity contribution < 1.29 is 0 Å². The highest BCUT2D eigenvalue weighted by Crippen LogP contribution is 2.62. The highest BCUT2D eigenvalue weighted by atomic mass is 15.2. The van der Waals surface area contributed by atoms with Crippen LogP contribution in [0.4, 0.5) is 5.69 Å². The Kier molecular flexibility index (Phi) is 10.5. The molecule has 0 spiro atoms. The molecule has 0 aromatic heterocycles. The van der Waals surface area contributed by atoms with Crippen LogP contribution in [0.25, 0.3) is 0 Å². The van der Waals surface area contributed by atoms with E-state index in [-0.39, 0.29) is 0 Å². The zero-order valence-electron chi connectivity index (χ0n) is 39.0. The summed E-state index contributed by atoms with van der Waals surface area (Å²) >= 11 is 0. The zero-order valence-corrected chi connectivity index (χ0v) is 39.0. The minimum atomic E-state index is -0.744. The van der Waals surface area contributed by atoms with Gasteiger partial charge in [-0.1, -0.05) is 234 Å². The smallest absolute Gasteiger partial charge is 0.0738 e. The van der Waals surface area contributed by atoms with Gasteiger partial charge in [-0.3, -0.25) is 0 Å². The molecular formula is C64H59N. The molecule has 10 rings (SSSR count). The van der Waals surface area contributed by atoms with Crippen LogP contribution in [0.2, 0.25) is 0 Å². The van der Waals surface area contributed by atoms with Gasteiger partial charge in [0.05, 0.1) is 16.5 Å². The van der Waals surface area contributed by atoms with E-state index in [9.17, 15) is 0 Å². The number of hydrogen-bond acceptors (Lipinski definition) is 1. The molecule has 3 heterocycles. The van der Waals surface area contributed by atoms with Crippen molar-refractivity contribution in [3.05, 3.63) is 301 Å². The van der Waals surface area contributed by atoms with Gasteiger partial charge < -0.3 is 4.90 Å². The molecule has 1 heteroatoms. The van der Waals surface area contributed by atoms with Crippen molar-refractivity contribution in [3.8, 4) is 0 Å². The van der Waals surface area contributed by atoms with Gasteiger partial charge >= 0.3 is 0 Å². The minimum Gasteiger partial charge on any atom is -0.340 e. The molecule has 1 fully saturated rings. The van der Waals surface area contributed by atoms with Crippen LogP contribution in [0, 0.1) is 41.5 Å². The molecule has 0 radical (unpaired) electrons. The highest BCUT2D eigenvalue weighted by molar-refractivity contribution is 5.84. The van der Waals surface area contributed by atoms with Crippen LogP contribution < -0.4 is 4.90 Å². The van der Waals surface area contributed by atoms with E-state index in [0.29, 0.717) is 6.54 Å². The summed E-state index contributed by atoms with van der Waals surface area (Å²) in [5.41, 5.74) is 21.9. The summed E-state index contributed by atoms with van der Waals surface area (Å²) in [6.45, 7) is 21.2. The molecule has 0 atom stereocenters. The predicted molar refractivity (Wildman–Crippen MR) is 274 cm³/mol. The zero-order chi connectivity index (χ0) is 45.1. The van der Waals surface area contributed by atoms with Crippen molar-refractivity contribution in [1.82, 2.24) is 0 Å². The maximum Gasteiger partial charge on any atom is 0.0738 e. The Morgan fingerprint density at radius 2 is 0.846 bits per heavy atom. The molecule has 0 saturated carbocycles. The number of para-hydroxylation sites is 1. The van der Waals surface area contributed by atoms with Gasteiger partial charge in [0, 0.05) is 24.1 Å². The fourth-order valence-electron chi connectivity index (χ4n) is 11.5. The quantitative estimate of drug-likeness (QED) is 0.155. The monoisotopic (exact) mass is 841 g/mol. The molecule has 7 aromatic rings. The average Bonchev–Trinajstić information content (AvgIpc) is 3.31. The third-order valence-corrected chi connectivity index (χ3v) is 14.9. The van der Waals surface area contributed by atoms with Crippen molar-refractivity contribution in [3.63, 3.8) is 0 Å². The third-order valence-electron chi connectivity index (χ3n) is 14.9. The molecule has 7 aromatic carbocycles. The lowest BCUT2D eigenvalue weighted by atomic mass is 9.55. The molecule has 2 bridgehead atoms. The maximum absolute atomic E-state index is 5.13. The van der Waals surface area contributed by atoms with Gasteiger partial charge in [-0.05, 0) is 110 Å². The summed E-state index contributed by atoms with van der Waals surface area (Å²) in [6.07, 6.45) is 12.5. The molecule has 3 aliphatic heterocycles. The Balaban J connectivity index is 1.45. The largest absolute Gasteiger partial charge is 0.340 e. The van der Waals surface area contributed by atoms with Crippen LogP contribution in [0.3, 0.4) is 0 Å². The fourth-order valence-corrected chi connectivity index (χ4v) is 11.5. The first-order valence-corrected chi connectivity index (χ1v) is 23.3. The van der Waals surface area contributed by atoms with Crippen LogP contribution >= 0.6 is 0 Å². The number of nitrogens with zero attached hydrogens (tertiary/aromatic N) is 1. The van der Waals surface area contributed by atoms with E-state index in [4.69, 9.17) is 6.58 Å². The number of piperidine rings is 1. The van der Waals surface area contributed by atoms with E-state index in [0.717, 1.165) is 12.0 Å². The van der Waals surface area contributed by atoms with Crippen molar-refractivity contribution in [2.24, 2.45) is 0 Å². The lowest BCUT2D eigenvalue weighted by Crippen LogP contribution is -2.51. The van der Waals surface area contributed by atoms with Gasteiger partial charge in [0.1, 0.15) is 0 Å². The van der Waals surface area contributed by atoms with E-state index >= 15 is 0 Å². The number of rotatable bonds is 7. The van der Waals surface area contributed by atoms with Crippen LogP contribution in [-0.4, -0.2) is 6.54 Å². The van der Waals surface area contributed by atoms with Gasteiger partial charge in [0.2, 0.25) is 0 Å². The summed E-state index contributed by atoms with van der Waals surface area (Å²) in [4.78, 5) is 2.73. The number of allylic oxidation sites excluding steroid dienone is 8. The van der Waals surface area contributed by atoms with E-state index in [1.807, 2.05) is 0 Å². The average molecular weight is 842 g/mol. The number of benzene rings is 7. The molecule has 0 amide bonds. The third kappa shape index (κ3) is 6.50. The number of aryl methyl sites for hydroxylation is 6. The van der Waals surface area contributed by atoms with Crippen LogP contribution in [0.5, 0.6) is 0 Å². The van der Waals surface area contributed by atoms with Crippen molar-refractivity contribution >= 4 is 5.69 Å². The van der Waals surface area contributed by atoms with Gasteiger partial charge in [-0.15, -0.1) is 0 Å². The molecule has 65 heavy (non-hydrogen) atoms. The lowest BCUT2D eigenvalue weighted by molar-refractivity contribution is 0.513. The molecule has 3 aliphatic rings. The van der Waals surface area contributed by atoms with Crippen LogP contribution in [0.1, 0.15) is 91.2 Å². The van der Waals surface area contributed by atoms with E-state index in [1.54, 1.807) is 0 Å². The van der Waals surface area contributed by atoms with E-state index in [2.05, 4.69) is 248 Å². The first kappa shape index (κ1) is 42.0. The van der Waals surface area contributed by atoms with Gasteiger partial charge in [0.15, 0.2) is 0 Å². The topological polar surface area (TPSA) is 3.24 Å². The normalized spacial score (nSPS) is 18.3. The second-order valence-corrected chi connectivity index (χ2v) is 19.0. The van der Waals surface area contributed by atoms with E-state index in [1.165, 1.54) is 100 Å². The Labute approximate surface area is 387 Å². The van der Waals surface area contributed by atoms with Crippen molar-refractivity contribution in [2.75, 3.05) is 11.4 Å². The lowest BCUT2D eigenvalue weighted by Gasteiger charge is -2.55. The first-order valence-electron chi connectivity index (χ1n) is 23.3. The van der Waals surface area contributed by atoms with Gasteiger partial charge in [-0.2, -0.15) is 0 Å². The summed E-state index contributed by atoms with van der Waals surface area (Å²) in [6, 6.07) is 63.1. The van der Waals surface area contributed by atoms with Gasteiger partial charge in [-0.25, -0.2) is 0 Å². The second-order valence-electron chi connectivity index (χ2n) is 19.0. The molecular weight excluding hydrogens is 783 g/mol. The molecule has 1 saturated heterocycles. The number of hydrogen-bond donors (Lipinski definition) is 0. The minimum absolute atomic E-state index is 0.478. The Bertz CT molecular complexity index is 2920. The van der Waals surface area contributed by atoms with Crippen molar-refractivity contribution in [1.29, 1.82) is 0 Å². The number of anilines is 1. The van der Waals surface area contributed by atoms with Crippen molar-refractivity contribution in [2.45, 2.75) is 71.1 Å². The van der Waals surface area contributed by atoms with Crippen LogP contribution in [-0.2, 0) is 16.2 Å². The first-order chi connectivity index (χ1) is 31.5. The fraction of sp³-hybridized carbons (Fsp3) is 0.188. The molecule has 0 N–H and O–H groups in total. The Hall–Kier alpha value is -6.96. The summed E-state index contributed by atoms with van der Waals surface area (Å²) in [7, 11) is 0. The molecule has 0 aliphatic carbocycles. The molecule has 0 unspecified atom stereocenters. The molecule has 1 nitrogen and oxygen atoms in total. The summed E-state index contributed by atoms with van der Waals surface area (Å²) in [5, 5.41) is 0. The van der Waals surface area contributed by atoms with E-state index < -0.39 is 16.2 Å². The Morgan fingerprint density at radius 1 is 0.477 bits per heavy atom. The summed E-state index contributed by atoms with van der Waals surface area (Å²) < 4.78 is 0.